The van der Waals surface area contributed by atoms with Crippen molar-refractivity contribution >= 4 is 0 Å². The standard InChI is InChI=1S/C10H20NO4.BrH/c12-7-5-11(3-1-2-4-11)6-8(13)10(15)9(7)14;/h7-10,12-15H,1-6H2;1H/q+1;/p-1/t7-,8+,9-,10-;/m1./s1. The molecule has 6 heteroatoms. The fraction of sp³-hybridized carbons (Fsp3) is 1.00. The van der Waals surface area contributed by atoms with Gasteiger partial charge in [0.1, 0.15) is 37.5 Å². The number of quaternary nitrogens is 1. The predicted molar refractivity (Wildman–Crippen MR) is 53.0 cm³/mol. The van der Waals surface area contributed by atoms with Crippen molar-refractivity contribution in [3.8, 4) is 0 Å². The molecule has 4 N–H and O–H groups in total. The summed E-state index contributed by atoms with van der Waals surface area (Å²) < 4.78 is 0.635. The highest BCUT2D eigenvalue weighted by Crippen LogP contribution is 2.26. The van der Waals surface area contributed by atoms with E-state index in [1.807, 2.05) is 0 Å². The number of aliphatic hydroxyl groups excluding tert-OH is 4. The van der Waals surface area contributed by atoms with Crippen LogP contribution in [0.15, 0.2) is 0 Å². The summed E-state index contributed by atoms with van der Waals surface area (Å²) in [5.74, 6) is 0. The van der Waals surface area contributed by atoms with E-state index in [0.717, 1.165) is 25.9 Å². The molecule has 0 amide bonds. The topological polar surface area (TPSA) is 80.9 Å². The SMILES string of the molecule is O[C@H]1[C@H](O)[C@@H](O)C[N+]2(CCCC2)C[C@H]1O.[Br-]. The van der Waals surface area contributed by atoms with E-state index >= 15 is 0 Å². The minimum Gasteiger partial charge on any atom is -1.00 e. The van der Waals surface area contributed by atoms with Gasteiger partial charge in [-0.15, -0.1) is 0 Å². The van der Waals surface area contributed by atoms with Gasteiger partial charge in [-0.1, -0.05) is 0 Å². The average molecular weight is 298 g/mol. The Hall–Kier alpha value is 0.280. The van der Waals surface area contributed by atoms with Gasteiger partial charge in [0.2, 0.25) is 0 Å². The molecule has 0 unspecified atom stereocenters. The minimum absolute atomic E-state index is 0. The van der Waals surface area contributed by atoms with E-state index in [-0.39, 0.29) is 17.0 Å². The summed E-state index contributed by atoms with van der Waals surface area (Å²) in [5.41, 5.74) is 0. The van der Waals surface area contributed by atoms with Crippen LogP contribution in [0.3, 0.4) is 0 Å². The molecule has 96 valence electrons. The average Bonchev–Trinajstić information content (AvgIpc) is 2.60. The molecule has 0 aromatic carbocycles. The van der Waals surface area contributed by atoms with Crippen molar-refractivity contribution in [2.45, 2.75) is 37.3 Å². The summed E-state index contributed by atoms with van der Waals surface area (Å²) in [6, 6.07) is 0. The van der Waals surface area contributed by atoms with Crippen molar-refractivity contribution in [1.29, 1.82) is 0 Å². The minimum atomic E-state index is -1.22. The van der Waals surface area contributed by atoms with Crippen molar-refractivity contribution in [3.63, 3.8) is 0 Å². The lowest BCUT2D eigenvalue weighted by Crippen LogP contribution is -3.00. The van der Waals surface area contributed by atoms with Gasteiger partial charge in [0, 0.05) is 12.8 Å². The molecule has 16 heavy (non-hydrogen) atoms. The third-order valence-electron chi connectivity index (χ3n) is 3.80. The molecule has 0 aromatic rings. The van der Waals surface area contributed by atoms with Gasteiger partial charge < -0.3 is 41.9 Å². The van der Waals surface area contributed by atoms with Gasteiger partial charge in [-0.2, -0.15) is 0 Å². The van der Waals surface area contributed by atoms with Crippen LogP contribution in [0.25, 0.3) is 0 Å². The van der Waals surface area contributed by atoms with Crippen LogP contribution in [0.4, 0.5) is 0 Å². The highest BCUT2D eigenvalue weighted by atomic mass is 79.9. The normalized spacial score (nSPS) is 42.8. The lowest BCUT2D eigenvalue weighted by Gasteiger charge is -2.35. The summed E-state index contributed by atoms with van der Waals surface area (Å²) in [6.07, 6.45) is -2.14. The van der Waals surface area contributed by atoms with Crippen LogP contribution in [-0.2, 0) is 0 Å². The number of hydrogen-bond acceptors (Lipinski definition) is 4. The molecule has 4 atom stereocenters. The van der Waals surface area contributed by atoms with E-state index < -0.39 is 24.4 Å². The summed E-state index contributed by atoms with van der Waals surface area (Å²) in [5, 5.41) is 38.6. The van der Waals surface area contributed by atoms with Gasteiger partial charge >= 0.3 is 0 Å². The smallest absolute Gasteiger partial charge is 0.131 e. The first kappa shape index (κ1) is 14.3. The molecule has 0 saturated carbocycles. The van der Waals surface area contributed by atoms with Crippen molar-refractivity contribution in [1.82, 2.24) is 0 Å². The fourth-order valence-corrected chi connectivity index (χ4v) is 2.91. The van der Waals surface area contributed by atoms with Crippen LogP contribution in [0.5, 0.6) is 0 Å². The first-order valence-corrected chi connectivity index (χ1v) is 5.61. The molecule has 2 rings (SSSR count). The van der Waals surface area contributed by atoms with Crippen molar-refractivity contribution in [2.24, 2.45) is 0 Å². The summed E-state index contributed by atoms with van der Waals surface area (Å²) in [7, 11) is 0. The molecule has 0 radical (unpaired) electrons. The van der Waals surface area contributed by atoms with Crippen LogP contribution in [0.1, 0.15) is 12.8 Å². The van der Waals surface area contributed by atoms with E-state index in [1.54, 1.807) is 0 Å². The number of aliphatic hydroxyl groups is 4. The van der Waals surface area contributed by atoms with Crippen LogP contribution in [0.2, 0.25) is 0 Å². The van der Waals surface area contributed by atoms with E-state index in [1.165, 1.54) is 0 Å². The Bertz CT molecular complexity index is 217. The molecule has 2 heterocycles. The predicted octanol–water partition coefficient (Wildman–Crippen LogP) is -4.94. The van der Waals surface area contributed by atoms with Crippen LogP contribution in [0, 0.1) is 0 Å². The van der Waals surface area contributed by atoms with Gasteiger partial charge in [0.25, 0.3) is 0 Å². The molecule has 5 nitrogen and oxygen atoms in total. The Labute approximate surface area is 106 Å². The van der Waals surface area contributed by atoms with Gasteiger partial charge in [-0.25, -0.2) is 0 Å². The summed E-state index contributed by atoms with van der Waals surface area (Å²) >= 11 is 0. The summed E-state index contributed by atoms with van der Waals surface area (Å²) in [4.78, 5) is 0. The Balaban J connectivity index is 0.00000128. The summed E-state index contributed by atoms with van der Waals surface area (Å²) in [6.45, 7) is 2.73. The van der Waals surface area contributed by atoms with E-state index in [9.17, 15) is 20.4 Å². The van der Waals surface area contributed by atoms with Crippen molar-refractivity contribution < 1.29 is 41.9 Å². The largest absolute Gasteiger partial charge is 1.00 e. The molecular formula is C10H20BrNO4. The van der Waals surface area contributed by atoms with Gasteiger partial charge in [0.05, 0.1) is 13.1 Å². The highest BCUT2D eigenvalue weighted by molar-refractivity contribution is 4.85. The maximum atomic E-state index is 9.73. The highest BCUT2D eigenvalue weighted by Gasteiger charge is 2.46. The van der Waals surface area contributed by atoms with Crippen LogP contribution >= 0.6 is 0 Å². The Kier molecular flexibility index (Phi) is 4.74. The lowest BCUT2D eigenvalue weighted by molar-refractivity contribution is -0.921. The first-order valence-electron chi connectivity index (χ1n) is 5.61. The molecule has 0 aliphatic carbocycles. The second-order valence-electron chi connectivity index (χ2n) is 4.98. The number of hydrogen-bond donors (Lipinski definition) is 4. The third-order valence-corrected chi connectivity index (χ3v) is 3.80. The monoisotopic (exact) mass is 297 g/mol. The van der Waals surface area contributed by atoms with Gasteiger partial charge in [0.15, 0.2) is 0 Å². The molecule has 0 bridgehead atoms. The number of nitrogens with zero attached hydrogens (tertiary/aromatic N) is 1. The fourth-order valence-electron chi connectivity index (χ4n) is 2.91. The van der Waals surface area contributed by atoms with Gasteiger partial charge in [-0.3, -0.25) is 0 Å². The maximum Gasteiger partial charge on any atom is 0.131 e. The molecular weight excluding hydrogens is 278 g/mol. The molecule has 2 saturated heterocycles. The lowest BCUT2D eigenvalue weighted by atomic mass is 10.1. The Morgan fingerprint density at radius 1 is 0.750 bits per heavy atom. The Morgan fingerprint density at radius 3 is 1.50 bits per heavy atom. The zero-order valence-electron chi connectivity index (χ0n) is 9.17. The quantitative estimate of drug-likeness (QED) is 0.338. The zero-order chi connectivity index (χ0) is 11.1. The molecule has 1 spiro atoms. The van der Waals surface area contributed by atoms with E-state index in [4.69, 9.17) is 0 Å². The Morgan fingerprint density at radius 2 is 1.12 bits per heavy atom. The molecule has 2 aliphatic heterocycles. The van der Waals surface area contributed by atoms with Crippen LogP contribution < -0.4 is 17.0 Å². The van der Waals surface area contributed by atoms with Crippen LogP contribution in [-0.4, -0.2) is 75.5 Å². The van der Waals surface area contributed by atoms with E-state index in [2.05, 4.69) is 0 Å². The van der Waals surface area contributed by atoms with Crippen molar-refractivity contribution in [3.05, 3.63) is 0 Å². The second kappa shape index (κ2) is 5.29. The first-order chi connectivity index (χ1) is 7.04. The number of halogens is 1. The van der Waals surface area contributed by atoms with Gasteiger partial charge in [-0.05, 0) is 0 Å². The molecule has 2 aliphatic rings. The maximum absolute atomic E-state index is 9.73. The van der Waals surface area contributed by atoms with E-state index in [0.29, 0.717) is 17.6 Å². The molecule has 0 aromatic heterocycles. The third kappa shape index (κ3) is 2.57. The van der Waals surface area contributed by atoms with Crippen molar-refractivity contribution in [2.75, 3.05) is 26.2 Å². The zero-order valence-corrected chi connectivity index (χ0v) is 10.8. The second-order valence-corrected chi connectivity index (χ2v) is 4.98. The number of rotatable bonds is 0. The molecule has 2 fully saturated rings.